The molecule has 0 saturated heterocycles. The zero-order valence-electron chi connectivity index (χ0n) is 9.87. The van der Waals surface area contributed by atoms with Crippen LogP contribution in [0, 0.1) is 5.41 Å². The Kier molecular flexibility index (Phi) is 2.72. The van der Waals surface area contributed by atoms with E-state index in [2.05, 4.69) is 0 Å². The highest BCUT2D eigenvalue weighted by atomic mass is 35.5. The van der Waals surface area contributed by atoms with E-state index in [4.69, 9.17) is 26.8 Å². The predicted octanol–water partition coefficient (Wildman–Crippen LogP) is 2.03. The fraction of sp³-hybridized carbons (Fsp3) is 0.462. The van der Waals surface area contributed by atoms with Gasteiger partial charge in [0, 0.05) is 17.0 Å². The smallest absolute Gasteiger partial charge is 0.178 e. The molecule has 1 aliphatic heterocycles. The molecule has 1 aromatic carbocycles. The van der Waals surface area contributed by atoms with Gasteiger partial charge in [-0.05, 0) is 18.9 Å². The average Bonchev–Trinajstić information content (AvgIpc) is 3.16. The number of hydrogen-bond donors (Lipinski definition) is 1. The molecule has 1 fully saturated rings. The van der Waals surface area contributed by atoms with Crippen LogP contribution in [0.1, 0.15) is 23.2 Å². The lowest BCUT2D eigenvalue weighted by Crippen LogP contribution is -2.17. The number of nitrogens with two attached hydrogens (primary N) is 1. The van der Waals surface area contributed by atoms with Gasteiger partial charge in [-0.1, -0.05) is 11.6 Å². The Morgan fingerprint density at radius 3 is 2.44 bits per heavy atom. The minimum atomic E-state index is -0.197. The third-order valence-electron chi connectivity index (χ3n) is 3.54. The summed E-state index contributed by atoms with van der Waals surface area (Å²) in [7, 11) is 0. The lowest BCUT2D eigenvalue weighted by Gasteiger charge is -2.10. The van der Waals surface area contributed by atoms with Gasteiger partial charge in [0.05, 0.1) is 24.8 Å². The lowest BCUT2D eigenvalue weighted by atomic mass is 10.1. The Hall–Kier alpha value is -1.26. The highest BCUT2D eigenvalue weighted by Gasteiger charge is 2.46. The summed E-state index contributed by atoms with van der Waals surface area (Å²) < 4.78 is 11.5. The highest BCUT2D eigenvalue weighted by Crippen LogP contribution is 2.49. The minimum absolute atomic E-state index is 0.0662. The second-order valence-electron chi connectivity index (χ2n) is 4.98. The molecule has 1 aromatic rings. The largest absolute Gasteiger partial charge is 0.489 e. The van der Waals surface area contributed by atoms with Gasteiger partial charge in [-0.15, -0.1) is 0 Å². The SMILES string of the molecule is NCC(=O)c1cc2c(cc1Cl)OCC1(CC1)CO2. The standard InChI is InChI=1S/C13H14ClNO3/c14-9-4-12-11(3-8(9)10(16)5-15)17-6-13(1-2-13)7-18-12/h3-4H,1-2,5-7,15H2. The number of carbonyl (C=O) groups excluding carboxylic acids is 1. The fourth-order valence-corrected chi connectivity index (χ4v) is 2.31. The van der Waals surface area contributed by atoms with Crippen LogP contribution in [0.25, 0.3) is 0 Å². The second-order valence-corrected chi connectivity index (χ2v) is 5.39. The molecule has 3 rings (SSSR count). The van der Waals surface area contributed by atoms with Crippen molar-refractivity contribution in [3.63, 3.8) is 0 Å². The number of benzene rings is 1. The van der Waals surface area contributed by atoms with Crippen LogP contribution < -0.4 is 15.2 Å². The van der Waals surface area contributed by atoms with Crippen molar-refractivity contribution in [1.29, 1.82) is 0 Å². The molecule has 0 bridgehead atoms. The third kappa shape index (κ3) is 1.95. The van der Waals surface area contributed by atoms with Crippen LogP contribution in [0.3, 0.4) is 0 Å². The molecule has 2 N–H and O–H groups in total. The molecule has 1 saturated carbocycles. The van der Waals surface area contributed by atoms with Crippen LogP contribution >= 0.6 is 11.6 Å². The molecule has 2 aliphatic rings. The van der Waals surface area contributed by atoms with E-state index in [1.54, 1.807) is 12.1 Å². The molecule has 1 aliphatic carbocycles. The van der Waals surface area contributed by atoms with Crippen molar-refractivity contribution < 1.29 is 14.3 Å². The maximum absolute atomic E-state index is 11.6. The number of carbonyl (C=O) groups is 1. The summed E-state index contributed by atoms with van der Waals surface area (Å²) in [4.78, 5) is 11.6. The Labute approximate surface area is 110 Å². The van der Waals surface area contributed by atoms with Crippen molar-refractivity contribution in [2.75, 3.05) is 19.8 Å². The molecular formula is C13H14ClNO3. The summed E-state index contributed by atoms with van der Waals surface area (Å²) in [5.41, 5.74) is 5.92. The number of ketones is 1. The highest BCUT2D eigenvalue weighted by molar-refractivity contribution is 6.34. The zero-order valence-corrected chi connectivity index (χ0v) is 10.6. The zero-order chi connectivity index (χ0) is 12.8. The molecule has 1 spiro atoms. The molecule has 0 amide bonds. The monoisotopic (exact) mass is 267 g/mol. The van der Waals surface area contributed by atoms with Crippen LogP contribution in [0.5, 0.6) is 11.5 Å². The van der Waals surface area contributed by atoms with E-state index in [-0.39, 0.29) is 17.7 Å². The van der Waals surface area contributed by atoms with E-state index in [1.165, 1.54) is 0 Å². The van der Waals surface area contributed by atoms with Gasteiger partial charge >= 0.3 is 0 Å². The summed E-state index contributed by atoms with van der Waals surface area (Å²) in [6.07, 6.45) is 2.26. The molecule has 1 heterocycles. The van der Waals surface area contributed by atoms with E-state index in [9.17, 15) is 4.79 Å². The first-order valence-electron chi connectivity index (χ1n) is 5.96. The van der Waals surface area contributed by atoms with Crippen LogP contribution in [0.15, 0.2) is 12.1 Å². The van der Waals surface area contributed by atoms with Gasteiger partial charge in [0.15, 0.2) is 17.3 Å². The number of halogens is 1. The normalized spacial score (nSPS) is 19.4. The van der Waals surface area contributed by atoms with Gasteiger partial charge in [-0.25, -0.2) is 0 Å². The van der Waals surface area contributed by atoms with Crippen LogP contribution in [-0.2, 0) is 0 Å². The van der Waals surface area contributed by atoms with Gasteiger partial charge < -0.3 is 15.2 Å². The quantitative estimate of drug-likeness (QED) is 0.833. The van der Waals surface area contributed by atoms with E-state index in [1.807, 2.05) is 0 Å². The molecule has 96 valence electrons. The summed E-state index contributed by atoms with van der Waals surface area (Å²) in [6, 6.07) is 3.27. The van der Waals surface area contributed by atoms with E-state index < -0.39 is 0 Å². The maximum Gasteiger partial charge on any atom is 0.178 e. The van der Waals surface area contributed by atoms with Gasteiger partial charge in [0.25, 0.3) is 0 Å². The summed E-state index contributed by atoms with van der Waals surface area (Å²) in [5, 5.41) is 0.361. The Morgan fingerprint density at radius 2 is 1.89 bits per heavy atom. The number of hydrogen-bond acceptors (Lipinski definition) is 4. The number of rotatable bonds is 2. The van der Waals surface area contributed by atoms with Crippen molar-refractivity contribution in [2.45, 2.75) is 12.8 Å². The van der Waals surface area contributed by atoms with Crippen LogP contribution in [0.2, 0.25) is 5.02 Å². The predicted molar refractivity (Wildman–Crippen MR) is 67.5 cm³/mol. The van der Waals surface area contributed by atoms with Gasteiger partial charge in [0.2, 0.25) is 0 Å². The van der Waals surface area contributed by atoms with Crippen LogP contribution in [0.4, 0.5) is 0 Å². The Bertz CT molecular complexity index is 511. The van der Waals surface area contributed by atoms with Gasteiger partial charge in [-0.3, -0.25) is 4.79 Å². The molecule has 0 aromatic heterocycles. The van der Waals surface area contributed by atoms with Crippen LogP contribution in [-0.4, -0.2) is 25.5 Å². The molecular weight excluding hydrogens is 254 g/mol. The molecule has 4 nitrogen and oxygen atoms in total. The van der Waals surface area contributed by atoms with Gasteiger partial charge in [0.1, 0.15) is 0 Å². The average molecular weight is 268 g/mol. The topological polar surface area (TPSA) is 61.6 Å². The van der Waals surface area contributed by atoms with Gasteiger partial charge in [-0.2, -0.15) is 0 Å². The third-order valence-corrected chi connectivity index (χ3v) is 3.86. The van der Waals surface area contributed by atoms with E-state index in [0.29, 0.717) is 35.3 Å². The summed E-state index contributed by atoms with van der Waals surface area (Å²) in [5.74, 6) is 0.995. The Balaban J connectivity index is 1.95. The first-order valence-corrected chi connectivity index (χ1v) is 6.34. The van der Waals surface area contributed by atoms with E-state index in [0.717, 1.165) is 12.8 Å². The first kappa shape index (κ1) is 11.8. The summed E-state index contributed by atoms with van der Waals surface area (Å²) in [6.45, 7) is 1.22. The van der Waals surface area contributed by atoms with Crippen molar-refractivity contribution in [2.24, 2.45) is 11.1 Å². The molecule has 0 unspecified atom stereocenters. The molecule has 0 radical (unpaired) electrons. The minimum Gasteiger partial charge on any atom is -0.489 e. The van der Waals surface area contributed by atoms with Crippen molar-refractivity contribution in [1.82, 2.24) is 0 Å². The number of ether oxygens (including phenoxy) is 2. The molecule has 18 heavy (non-hydrogen) atoms. The lowest BCUT2D eigenvalue weighted by molar-refractivity contribution is 0.100. The summed E-state index contributed by atoms with van der Waals surface area (Å²) >= 11 is 6.06. The van der Waals surface area contributed by atoms with Crippen molar-refractivity contribution in [3.05, 3.63) is 22.7 Å². The van der Waals surface area contributed by atoms with Crippen molar-refractivity contribution >= 4 is 17.4 Å². The maximum atomic E-state index is 11.6. The number of fused-ring (bicyclic) bond motifs is 1. The Morgan fingerprint density at radius 1 is 1.28 bits per heavy atom. The van der Waals surface area contributed by atoms with E-state index >= 15 is 0 Å². The van der Waals surface area contributed by atoms with Crippen molar-refractivity contribution in [3.8, 4) is 11.5 Å². The number of Topliss-reactive ketones (excluding diaryl/α,β-unsaturated/α-hetero) is 1. The fourth-order valence-electron chi connectivity index (χ4n) is 2.05. The second kappa shape index (κ2) is 4.14. The first-order chi connectivity index (χ1) is 8.63. The molecule has 5 heteroatoms. The molecule has 0 atom stereocenters.